The highest BCUT2D eigenvalue weighted by molar-refractivity contribution is 7.88. The van der Waals surface area contributed by atoms with E-state index in [1.807, 2.05) is 0 Å². The highest BCUT2D eigenvalue weighted by Gasteiger charge is 2.39. The van der Waals surface area contributed by atoms with Crippen LogP contribution in [0, 0.1) is 11.8 Å². The zero-order chi connectivity index (χ0) is 17.3. The van der Waals surface area contributed by atoms with Crippen LogP contribution in [0.1, 0.15) is 48.0 Å². The van der Waals surface area contributed by atoms with Crippen LogP contribution in [0.25, 0.3) is 0 Å². The Morgan fingerprint density at radius 2 is 1.88 bits per heavy atom. The number of hydrogen-bond donors (Lipinski definition) is 3. The number of carbonyl (C=O) groups is 1. The first-order valence-electron chi connectivity index (χ1n) is 8.47. The number of carbonyl (C=O) groups excluding carboxylic acids is 1. The van der Waals surface area contributed by atoms with Gasteiger partial charge in [-0.25, -0.2) is 13.6 Å². The molecule has 2 fully saturated rings. The first kappa shape index (κ1) is 17.4. The molecular formula is C17H25N3O3S. The number of fused-ring (bicyclic) bond motifs is 2. The van der Waals surface area contributed by atoms with Gasteiger partial charge in [0.1, 0.15) is 0 Å². The third-order valence-electron chi connectivity index (χ3n) is 5.23. The van der Waals surface area contributed by atoms with E-state index in [4.69, 9.17) is 10.9 Å². The number of amides is 1. The molecule has 6 nitrogen and oxygen atoms in total. The first-order chi connectivity index (χ1) is 11.3. The van der Waals surface area contributed by atoms with Crippen LogP contribution in [0.4, 0.5) is 0 Å². The van der Waals surface area contributed by atoms with E-state index in [2.05, 4.69) is 5.32 Å². The lowest BCUT2D eigenvalue weighted by molar-refractivity contribution is 0.0756. The van der Waals surface area contributed by atoms with Crippen LogP contribution in [0.3, 0.4) is 0 Å². The molecule has 5 N–H and O–H groups in total. The minimum absolute atomic E-state index is 0.149. The number of rotatable bonds is 4. The molecule has 0 saturated heterocycles. The van der Waals surface area contributed by atoms with E-state index in [9.17, 15) is 13.2 Å². The number of benzene rings is 1. The molecule has 0 aliphatic heterocycles. The van der Waals surface area contributed by atoms with Crippen LogP contribution in [-0.4, -0.2) is 26.4 Å². The first-order valence-corrected chi connectivity index (χ1v) is 10.2. The van der Waals surface area contributed by atoms with Gasteiger partial charge in [-0.3, -0.25) is 4.79 Å². The topological polar surface area (TPSA) is 115 Å². The number of sulfonamides is 1. The molecule has 0 radical (unpaired) electrons. The molecule has 7 heteroatoms. The Labute approximate surface area is 143 Å². The summed E-state index contributed by atoms with van der Waals surface area (Å²) in [6, 6.07) is 7.07. The van der Waals surface area contributed by atoms with Crippen molar-refractivity contribution in [3.05, 3.63) is 35.4 Å². The van der Waals surface area contributed by atoms with Gasteiger partial charge in [0.25, 0.3) is 5.91 Å². The molecule has 2 aliphatic carbocycles. The molecule has 0 heterocycles. The monoisotopic (exact) mass is 351 g/mol. The Balaban J connectivity index is 1.72. The lowest BCUT2D eigenvalue weighted by atomic mass is 9.67. The van der Waals surface area contributed by atoms with Gasteiger partial charge in [-0.05, 0) is 55.2 Å². The van der Waals surface area contributed by atoms with Gasteiger partial charge in [0.2, 0.25) is 10.0 Å². The molecule has 1 aromatic carbocycles. The molecule has 0 aromatic heterocycles. The highest BCUT2D eigenvalue weighted by atomic mass is 32.2. The Morgan fingerprint density at radius 3 is 2.50 bits per heavy atom. The molecule has 3 rings (SSSR count). The van der Waals surface area contributed by atoms with Crippen molar-refractivity contribution in [3.63, 3.8) is 0 Å². The smallest absolute Gasteiger partial charge is 0.251 e. The summed E-state index contributed by atoms with van der Waals surface area (Å²) < 4.78 is 22.5. The fourth-order valence-corrected chi connectivity index (χ4v) is 4.94. The normalized spacial score (nSPS) is 29.9. The van der Waals surface area contributed by atoms with Gasteiger partial charge in [0.05, 0.1) is 5.75 Å². The standard InChI is InChI=1S/C17H25N3O3S/c18-15-8-12-4-2-5-13(9-15)16(12)20-17(21)14-6-1-3-11(7-14)10-24(19,22)23/h1,3,6-7,12-13,15-16H,2,4-5,8-10,18H2,(H,20,21)(H2,19,22,23). The van der Waals surface area contributed by atoms with Crippen molar-refractivity contribution in [2.45, 2.75) is 49.9 Å². The largest absolute Gasteiger partial charge is 0.349 e. The maximum absolute atomic E-state index is 12.6. The Bertz CT molecular complexity index is 706. The molecule has 2 unspecified atom stereocenters. The van der Waals surface area contributed by atoms with Crippen molar-refractivity contribution in [2.75, 3.05) is 0 Å². The predicted octanol–water partition coefficient (Wildman–Crippen LogP) is 1.11. The van der Waals surface area contributed by atoms with E-state index < -0.39 is 10.0 Å². The summed E-state index contributed by atoms with van der Waals surface area (Å²) in [4.78, 5) is 12.6. The zero-order valence-corrected chi connectivity index (χ0v) is 14.5. The molecule has 132 valence electrons. The molecule has 2 saturated carbocycles. The van der Waals surface area contributed by atoms with Gasteiger partial charge in [0, 0.05) is 17.6 Å². The van der Waals surface area contributed by atoms with E-state index in [0.717, 1.165) is 25.7 Å². The van der Waals surface area contributed by atoms with E-state index in [1.165, 1.54) is 6.42 Å². The van der Waals surface area contributed by atoms with Crippen LogP contribution in [-0.2, 0) is 15.8 Å². The van der Waals surface area contributed by atoms with Crippen LogP contribution in [0.15, 0.2) is 24.3 Å². The van der Waals surface area contributed by atoms with Crippen LogP contribution >= 0.6 is 0 Å². The van der Waals surface area contributed by atoms with Crippen molar-refractivity contribution < 1.29 is 13.2 Å². The second kappa shape index (κ2) is 6.82. The second-order valence-electron chi connectivity index (χ2n) is 7.19. The molecule has 2 atom stereocenters. The maximum Gasteiger partial charge on any atom is 0.251 e. The molecule has 24 heavy (non-hydrogen) atoms. The number of hydrogen-bond acceptors (Lipinski definition) is 4. The second-order valence-corrected chi connectivity index (χ2v) is 8.80. The third kappa shape index (κ3) is 4.15. The molecule has 1 amide bonds. The molecule has 1 aromatic rings. The van der Waals surface area contributed by atoms with Gasteiger partial charge in [0.15, 0.2) is 0 Å². The summed E-state index contributed by atoms with van der Waals surface area (Å²) in [7, 11) is -3.61. The van der Waals surface area contributed by atoms with E-state index >= 15 is 0 Å². The van der Waals surface area contributed by atoms with Gasteiger partial charge < -0.3 is 11.1 Å². The zero-order valence-electron chi connectivity index (χ0n) is 13.6. The van der Waals surface area contributed by atoms with Crippen molar-refractivity contribution in [1.82, 2.24) is 5.32 Å². The summed E-state index contributed by atoms with van der Waals surface area (Å²) >= 11 is 0. The minimum Gasteiger partial charge on any atom is -0.349 e. The summed E-state index contributed by atoms with van der Waals surface area (Å²) in [5.41, 5.74) is 7.13. The van der Waals surface area contributed by atoms with Gasteiger partial charge in [-0.1, -0.05) is 18.6 Å². The van der Waals surface area contributed by atoms with E-state index in [0.29, 0.717) is 23.0 Å². The lowest BCUT2D eigenvalue weighted by Gasteiger charge is -2.45. The SMILES string of the molecule is NC1CC2CCCC(C1)C2NC(=O)c1cccc(CS(N)(=O)=O)c1. The maximum atomic E-state index is 12.6. The van der Waals surface area contributed by atoms with Crippen molar-refractivity contribution in [3.8, 4) is 0 Å². The van der Waals surface area contributed by atoms with Crippen LogP contribution < -0.4 is 16.2 Å². The summed E-state index contributed by atoms with van der Waals surface area (Å²) in [5.74, 6) is 0.481. The molecule has 2 bridgehead atoms. The quantitative estimate of drug-likeness (QED) is 0.753. The number of primary sulfonamides is 1. The number of nitrogens with one attached hydrogen (secondary N) is 1. The van der Waals surface area contributed by atoms with Crippen molar-refractivity contribution in [1.29, 1.82) is 0 Å². The average Bonchev–Trinajstić information content (AvgIpc) is 2.46. The van der Waals surface area contributed by atoms with Crippen LogP contribution in [0.5, 0.6) is 0 Å². The van der Waals surface area contributed by atoms with Crippen LogP contribution in [0.2, 0.25) is 0 Å². The van der Waals surface area contributed by atoms with Gasteiger partial charge >= 0.3 is 0 Å². The Morgan fingerprint density at radius 1 is 1.21 bits per heavy atom. The van der Waals surface area contributed by atoms with E-state index in [1.54, 1.807) is 24.3 Å². The summed E-state index contributed by atoms with van der Waals surface area (Å²) in [5, 5.41) is 8.25. The van der Waals surface area contributed by atoms with Crippen molar-refractivity contribution >= 4 is 15.9 Å². The summed E-state index contributed by atoms with van der Waals surface area (Å²) in [6.07, 6.45) is 5.36. The highest BCUT2D eigenvalue weighted by Crippen LogP contribution is 2.39. The average molecular weight is 351 g/mol. The third-order valence-corrected chi connectivity index (χ3v) is 5.97. The molecule has 2 aliphatic rings. The van der Waals surface area contributed by atoms with Gasteiger partial charge in [-0.15, -0.1) is 0 Å². The number of nitrogens with two attached hydrogens (primary N) is 2. The summed E-state index contributed by atoms with van der Waals surface area (Å²) in [6.45, 7) is 0. The van der Waals surface area contributed by atoms with E-state index in [-0.39, 0.29) is 23.7 Å². The molecular weight excluding hydrogens is 326 g/mol. The Hall–Kier alpha value is -1.44. The fraction of sp³-hybridized carbons (Fsp3) is 0.588. The minimum atomic E-state index is -3.61. The molecule has 0 spiro atoms. The predicted molar refractivity (Wildman–Crippen MR) is 92.5 cm³/mol. The fourth-order valence-electron chi connectivity index (χ4n) is 4.29. The van der Waals surface area contributed by atoms with Crippen molar-refractivity contribution in [2.24, 2.45) is 22.7 Å². The van der Waals surface area contributed by atoms with Gasteiger partial charge in [-0.2, -0.15) is 0 Å². The Kier molecular flexibility index (Phi) is 4.94. The lowest BCUT2D eigenvalue weighted by Crippen LogP contribution is -2.53.